The van der Waals surface area contributed by atoms with Gasteiger partial charge >= 0.3 is 33.6 Å². The number of rotatable bonds is 22. The first-order chi connectivity index (χ1) is 20.6. The van der Waals surface area contributed by atoms with Gasteiger partial charge in [-0.15, -0.1) is 0 Å². The highest BCUT2D eigenvalue weighted by molar-refractivity contribution is 7.46. The van der Waals surface area contributed by atoms with Crippen molar-refractivity contribution >= 4 is 57.2 Å². The predicted octanol–water partition coefficient (Wildman–Crippen LogP) is -5.72. The van der Waals surface area contributed by atoms with E-state index in [0.29, 0.717) is 0 Å². The Labute approximate surface area is 252 Å². The predicted molar refractivity (Wildman–Crippen MR) is 140 cm³/mol. The van der Waals surface area contributed by atoms with Crippen LogP contribution in [0.5, 0.6) is 0 Å². The third-order valence-electron chi connectivity index (χ3n) is 5.16. The number of aliphatic hydroxyl groups excluding tert-OH is 1. The quantitative estimate of drug-likeness (QED) is 0.0469. The molecule has 0 saturated heterocycles. The van der Waals surface area contributed by atoms with Gasteiger partial charge in [-0.3, -0.25) is 37.8 Å². The highest BCUT2D eigenvalue weighted by Gasteiger charge is 2.34. The second-order valence-electron chi connectivity index (χ2n) is 8.81. The van der Waals surface area contributed by atoms with Crippen molar-refractivity contribution in [2.75, 3.05) is 19.8 Å². The van der Waals surface area contributed by atoms with Crippen molar-refractivity contribution < 1.29 is 91.7 Å². The molecular formula is C19H33N5O19P2. The van der Waals surface area contributed by atoms with E-state index >= 15 is 0 Å². The van der Waals surface area contributed by atoms with Gasteiger partial charge in [-0.2, -0.15) is 0 Å². The zero-order valence-corrected chi connectivity index (χ0v) is 24.7. The molecule has 0 aliphatic carbocycles. The van der Waals surface area contributed by atoms with Crippen LogP contribution in [-0.2, 0) is 51.7 Å². The minimum atomic E-state index is -5.37. The lowest BCUT2D eigenvalue weighted by atomic mass is 10.1. The summed E-state index contributed by atoms with van der Waals surface area (Å²) in [6.45, 7) is -3.62. The lowest BCUT2D eigenvalue weighted by molar-refractivity contribution is -0.144. The fourth-order valence-corrected chi connectivity index (χ4v) is 3.64. The van der Waals surface area contributed by atoms with Crippen molar-refractivity contribution in [2.24, 2.45) is 5.73 Å². The highest BCUT2D eigenvalue weighted by Crippen LogP contribution is 2.36. The van der Waals surface area contributed by atoms with Crippen molar-refractivity contribution in [3.63, 3.8) is 0 Å². The zero-order valence-electron chi connectivity index (χ0n) is 22.9. The fraction of sp³-hybridized carbons (Fsp3) is 0.632. The highest BCUT2D eigenvalue weighted by atomic mass is 31.2. The monoisotopic (exact) mass is 697 g/mol. The summed E-state index contributed by atoms with van der Waals surface area (Å²) in [7, 11) is -10.7. The molecule has 0 fully saturated rings. The molecule has 45 heavy (non-hydrogen) atoms. The molecule has 26 heteroatoms. The molecule has 14 N–H and O–H groups in total. The van der Waals surface area contributed by atoms with E-state index < -0.39 is 133 Å². The third kappa shape index (κ3) is 18.8. The van der Waals surface area contributed by atoms with Gasteiger partial charge in [-0.05, 0) is 12.8 Å². The van der Waals surface area contributed by atoms with Crippen LogP contribution in [0.15, 0.2) is 0 Å². The maximum absolute atomic E-state index is 13.0. The van der Waals surface area contributed by atoms with E-state index in [1.54, 1.807) is 0 Å². The van der Waals surface area contributed by atoms with E-state index in [1.807, 2.05) is 21.3 Å². The minimum absolute atomic E-state index is 0.630. The molecule has 0 spiro atoms. The Morgan fingerprint density at radius 1 is 0.600 bits per heavy atom. The van der Waals surface area contributed by atoms with E-state index in [2.05, 4.69) is 9.05 Å². The number of nitrogens with one attached hydrogen (secondary N) is 4. The summed E-state index contributed by atoms with van der Waals surface area (Å²) in [4.78, 5) is 120. The average molecular weight is 697 g/mol. The van der Waals surface area contributed by atoms with Gasteiger partial charge in [0.1, 0.15) is 30.2 Å². The second-order valence-corrected chi connectivity index (χ2v) is 11.3. The summed E-state index contributed by atoms with van der Waals surface area (Å²) in [6.07, 6.45) is -2.90. The minimum Gasteiger partial charge on any atom is -0.481 e. The van der Waals surface area contributed by atoms with E-state index in [-0.39, 0.29) is 0 Å². The number of amides is 4. The molecule has 4 amide bonds. The van der Waals surface area contributed by atoms with E-state index in [0.717, 1.165) is 0 Å². The van der Waals surface area contributed by atoms with Crippen LogP contribution in [0.25, 0.3) is 0 Å². The normalized spacial score (nSPS) is 15.0. The van der Waals surface area contributed by atoms with Crippen LogP contribution in [0.3, 0.4) is 0 Å². The smallest absolute Gasteiger partial charge is 0.469 e. The van der Waals surface area contributed by atoms with Crippen LogP contribution in [0.1, 0.15) is 25.7 Å². The maximum Gasteiger partial charge on any atom is 0.469 e. The average Bonchev–Trinajstić information content (AvgIpc) is 2.90. The van der Waals surface area contributed by atoms with E-state index in [9.17, 15) is 47.8 Å². The van der Waals surface area contributed by atoms with Crippen LogP contribution in [0.2, 0.25) is 0 Å². The largest absolute Gasteiger partial charge is 0.481 e. The first kappa shape index (κ1) is 41.4. The van der Waals surface area contributed by atoms with Crippen molar-refractivity contribution in [2.45, 2.75) is 55.9 Å². The lowest BCUT2D eigenvalue weighted by Gasteiger charge is -2.26. The Hall–Kier alpha value is -3.57. The van der Waals surface area contributed by atoms with Crippen molar-refractivity contribution in [3.05, 3.63) is 0 Å². The summed E-state index contributed by atoms with van der Waals surface area (Å²) < 4.78 is 30.7. The summed E-state index contributed by atoms with van der Waals surface area (Å²) in [5.41, 5.74) is 5.31. The number of nitrogens with two attached hydrogens (primary N) is 1. The van der Waals surface area contributed by atoms with Gasteiger partial charge in [0.05, 0.1) is 19.8 Å². The molecule has 24 nitrogen and oxygen atoms in total. The van der Waals surface area contributed by atoms with Crippen molar-refractivity contribution in [1.29, 1.82) is 0 Å². The number of aliphatic hydroxyl groups is 1. The molecule has 0 saturated carbocycles. The number of carboxylic acids is 3. The Morgan fingerprint density at radius 3 is 1.29 bits per heavy atom. The standard InChI is InChI=1S/C19H33N5O19P2/c20-8(5-25)15(30)23-11(6-42-44(36,37)38)18(33)24-12(7-43-45(39,40)41)17(32)21-9(1-3-13(26)27)16(31)22-10(19(34)35)2-4-14(28)29/h8-12,25H,1-7,20H2,(H,21,32)(H,22,31)(H,23,30)(H,24,33)(H,26,27)(H,28,29)(H,34,35)(H2,36,37,38)(H2,39,40,41)/t8-,9-,10-,11-,12-/m0/s1. The lowest BCUT2D eigenvalue weighted by Crippen LogP contribution is -2.60. The fourth-order valence-electron chi connectivity index (χ4n) is 2.95. The zero-order chi connectivity index (χ0) is 35.1. The van der Waals surface area contributed by atoms with Gasteiger partial charge in [0, 0.05) is 12.8 Å². The molecule has 0 aromatic heterocycles. The van der Waals surface area contributed by atoms with Crippen LogP contribution >= 0.6 is 15.6 Å². The Morgan fingerprint density at radius 2 is 0.933 bits per heavy atom. The number of carboxylic acid groups (broad SMARTS) is 3. The molecule has 0 heterocycles. The van der Waals surface area contributed by atoms with Crippen LogP contribution in [0, 0.1) is 0 Å². The molecule has 5 atom stereocenters. The van der Waals surface area contributed by atoms with E-state index in [4.69, 9.17) is 40.6 Å². The van der Waals surface area contributed by atoms with Gasteiger partial charge in [-0.25, -0.2) is 13.9 Å². The van der Waals surface area contributed by atoms with Gasteiger partial charge in [0.15, 0.2) is 0 Å². The maximum atomic E-state index is 13.0. The van der Waals surface area contributed by atoms with Gasteiger partial charge in [0.25, 0.3) is 0 Å². The van der Waals surface area contributed by atoms with Crippen LogP contribution < -0.4 is 27.0 Å². The Bertz CT molecular complexity index is 1190. The van der Waals surface area contributed by atoms with Crippen molar-refractivity contribution in [3.8, 4) is 0 Å². The molecule has 0 aliphatic heterocycles. The molecule has 0 aliphatic rings. The molecule has 0 rings (SSSR count). The molecule has 0 aromatic rings. The summed E-state index contributed by atoms with van der Waals surface area (Å²) in [5, 5.41) is 43.5. The molecule has 258 valence electrons. The third-order valence-corrected chi connectivity index (χ3v) is 6.13. The number of carbonyl (C=O) groups is 7. The summed E-state index contributed by atoms with van der Waals surface area (Å²) in [6, 6.07) is -9.70. The molecule has 0 bridgehead atoms. The SMILES string of the molecule is N[C@@H](CO)C(=O)N[C@@H](COP(=O)(O)O)C(=O)N[C@@H](COP(=O)(O)O)C(=O)N[C@@H](CCC(=O)O)C(=O)N[C@@H](CCC(=O)O)C(=O)O. The number of hydrogen-bond donors (Lipinski definition) is 13. The molecule has 0 aromatic carbocycles. The molecule has 0 unspecified atom stereocenters. The van der Waals surface area contributed by atoms with Gasteiger partial charge in [-0.1, -0.05) is 0 Å². The number of phosphoric ester groups is 2. The van der Waals surface area contributed by atoms with Crippen LogP contribution in [0.4, 0.5) is 0 Å². The van der Waals surface area contributed by atoms with Crippen LogP contribution in [-0.4, -0.2) is 132 Å². The number of carbonyl (C=O) groups excluding carboxylic acids is 4. The summed E-state index contributed by atoms with van der Waals surface area (Å²) >= 11 is 0. The van der Waals surface area contributed by atoms with E-state index in [1.165, 1.54) is 0 Å². The second kappa shape index (κ2) is 19.1. The van der Waals surface area contributed by atoms with Gasteiger partial charge in [0.2, 0.25) is 23.6 Å². The van der Waals surface area contributed by atoms with Gasteiger partial charge < -0.3 is 67.0 Å². The number of hydrogen-bond acceptors (Lipinski definition) is 13. The molecule has 0 radical (unpaired) electrons. The summed E-state index contributed by atoms with van der Waals surface area (Å²) in [5.74, 6) is -10.3. The number of aliphatic carboxylic acids is 3. The first-order valence-corrected chi connectivity index (χ1v) is 15.3. The Balaban J connectivity index is 6.21. The van der Waals surface area contributed by atoms with Crippen molar-refractivity contribution in [1.82, 2.24) is 21.3 Å². The molecular weight excluding hydrogens is 664 g/mol. The first-order valence-electron chi connectivity index (χ1n) is 12.2. The Kier molecular flexibility index (Phi) is 17.5. The topological polar surface area (TPSA) is 408 Å². The number of phosphoric acid groups is 2.